The van der Waals surface area contributed by atoms with Crippen molar-refractivity contribution in [3.8, 4) is 0 Å². The van der Waals surface area contributed by atoms with E-state index in [-0.39, 0.29) is 5.92 Å². The molecule has 2 unspecified atom stereocenters. The Balaban J connectivity index is 5.53. The lowest BCUT2D eigenvalue weighted by molar-refractivity contribution is -0.391. The summed E-state index contributed by atoms with van der Waals surface area (Å²) in [6.45, 7) is 5.40. The average Bonchev–Trinajstić information content (AvgIpc) is 2.30. The molecule has 0 aromatic heterocycles. The van der Waals surface area contributed by atoms with Crippen LogP contribution in [0.5, 0.6) is 0 Å². The number of aliphatic hydroxyl groups is 1. The summed E-state index contributed by atoms with van der Waals surface area (Å²) in [6, 6.07) is 0. The second kappa shape index (κ2) is 6.41. The van der Waals surface area contributed by atoms with Crippen LogP contribution in [-0.4, -0.2) is 35.1 Å². The van der Waals surface area contributed by atoms with Gasteiger partial charge in [-0.1, -0.05) is 27.7 Å². The van der Waals surface area contributed by atoms with Gasteiger partial charge in [-0.05, 0) is 12.3 Å². The third-order valence-corrected chi connectivity index (χ3v) is 3.33. The Labute approximate surface area is 118 Å². The minimum absolute atomic E-state index is 0.333. The van der Waals surface area contributed by atoms with Gasteiger partial charge in [0.25, 0.3) is 5.60 Å². The van der Waals surface area contributed by atoms with Crippen molar-refractivity contribution in [3.05, 3.63) is 0 Å². The first kappa shape index (κ1) is 20.0. The Hall–Kier alpha value is -0.990. The summed E-state index contributed by atoms with van der Waals surface area (Å²) in [6.07, 6.45) is -15.6. The van der Waals surface area contributed by atoms with Crippen molar-refractivity contribution in [2.75, 3.05) is 0 Å². The minimum Gasteiger partial charge on any atom is -0.458 e. The predicted octanol–water partition coefficient (Wildman–Crippen LogP) is 3.46. The van der Waals surface area contributed by atoms with E-state index in [4.69, 9.17) is 0 Å². The van der Waals surface area contributed by atoms with Gasteiger partial charge in [-0.15, -0.1) is 0 Å². The highest BCUT2D eigenvalue weighted by Crippen LogP contribution is 2.47. The number of rotatable bonds is 5. The van der Waals surface area contributed by atoms with E-state index in [1.807, 2.05) is 0 Å². The first-order valence-corrected chi connectivity index (χ1v) is 6.26. The molecule has 0 aliphatic rings. The molecule has 21 heavy (non-hydrogen) atoms. The van der Waals surface area contributed by atoms with Crippen LogP contribution in [0.1, 0.15) is 34.1 Å². The van der Waals surface area contributed by atoms with Crippen LogP contribution in [0.25, 0.3) is 0 Å². The molecule has 0 aliphatic carbocycles. The lowest BCUT2D eigenvalue weighted by Crippen LogP contribution is -2.65. The largest absolute Gasteiger partial charge is 0.458 e. The number of carbonyl (C=O) groups is 1. The van der Waals surface area contributed by atoms with Gasteiger partial charge in [-0.2, -0.15) is 26.3 Å². The molecule has 1 N–H and O–H groups in total. The van der Waals surface area contributed by atoms with Crippen LogP contribution in [0.4, 0.5) is 26.3 Å². The number of esters is 1. The molecule has 9 heteroatoms. The Morgan fingerprint density at radius 2 is 1.43 bits per heavy atom. The molecule has 126 valence electrons. The Morgan fingerprint density at radius 1 is 1.05 bits per heavy atom. The van der Waals surface area contributed by atoms with Gasteiger partial charge in [0.05, 0.1) is 5.92 Å². The SMILES string of the molecule is CCC(OC(=O)C(C)C(C)C)C(O)(C(F)(F)F)C(F)(F)F. The summed E-state index contributed by atoms with van der Waals surface area (Å²) in [7, 11) is 0. The molecule has 0 rings (SSSR count). The fourth-order valence-electron chi connectivity index (χ4n) is 1.51. The summed E-state index contributed by atoms with van der Waals surface area (Å²) >= 11 is 0. The molecule has 0 bridgehead atoms. The van der Waals surface area contributed by atoms with E-state index < -0.39 is 42.4 Å². The highest BCUT2D eigenvalue weighted by molar-refractivity contribution is 5.72. The summed E-state index contributed by atoms with van der Waals surface area (Å²) in [4.78, 5) is 11.6. The van der Waals surface area contributed by atoms with Crippen molar-refractivity contribution in [2.24, 2.45) is 11.8 Å². The van der Waals surface area contributed by atoms with Crippen molar-refractivity contribution in [1.82, 2.24) is 0 Å². The Morgan fingerprint density at radius 3 is 1.67 bits per heavy atom. The van der Waals surface area contributed by atoms with Crippen LogP contribution in [0, 0.1) is 11.8 Å². The van der Waals surface area contributed by atoms with E-state index in [0.717, 1.165) is 6.92 Å². The summed E-state index contributed by atoms with van der Waals surface area (Å²) in [5.74, 6) is -2.45. The second-order valence-corrected chi connectivity index (χ2v) is 5.13. The van der Waals surface area contributed by atoms with Gasteiger partial charge < -0.3 is 9.84 Å². The fraction of sp³-hybridized carbons (Fsp3) is 0.917. The number of hydrogen-bond donors (Lipinski definition) is 1. The topological polar surface area (TPSA) is 46.5 Å². The summed E-state index contributed by atoms with van der Waals surface area (Å²) in [5.41, 5.74) is -5.10. The number of carbonyl (C=O) groups excluding carboxylic acids is 1. The molecule has 2 atom stereocenters. The first-order valence-electron chi connectivity index (χ1n) is 6.26. The molecule has 0 aromatic rings. The van der Waals surface area contributed by atoms with Crippen LogP contribution < -0.4 is 0 Å². The lowest BCUT2D eigenvalue weighted by atomic mass is 9.92. The highest BCUT2D eigenvalue weighted by Gasteiger charge is 2.75. The van der Waals surface area contributed by atoms with E-state index in [9.17, 15) is 36.2 Å². The molecule has 0 amide bonds. The van der Waals surface area contributed by atoms with Gasteiger partial charge in [0.1, 0.15) is 6.10 Å². The van der Waals surface area contributed by atoms with Gasteiger partial charge in [0, 0.05) is 0 Å². The molecule has 3 nitrogen and oxygen atoms in total. The van der Waals surface area contributed by atoms with Gasteiger partial charge in [-0.25, -0.2) is 0 Å². The molecule has 0 saturated heterocycles. The predicted molar refractivity (Wildman–Crippen MR) is 61.2 cm³/mol. The standard InChI is InChI=1S/C12H18F6O3/c1-5-8(21-9(19)7(4)6(2)3)10(20,11(13,14)15)12(16,17)18/h6-8,20H,5H2,1-4H3. The molecular weight excluding hydrogens is 306 g/mol. The van der Waals surface area contributed by atoms with Crippen molar-refractivity contribution in [1.29, 1.82) is 0 Å². The van der Waals surface area contributed by atoms with Crippen LogP contribution >= 0.6 is 0 Å². The maximum Gasteiger partial charge on any atom is 0.430 e. The average molecular weight is 324 g/mol. The zero-order valence-electron chi connectivity index (χ0n) is 12.0. The third kappa shape index (κ3) is 4.02. The van der Waals surface area contributed by atoms with E-state index in [1.165, 1.54) is 6.92 Å². The van der Waals surface area contributed by atoms with Crippen molar-refractivity contribution in [2.45, 2.75) is 58.2 Å². The second-order valence-electron chi connectivity index (χ2n) is 5.13. The molecule has 0 heterocycles. The number of ether oxygens (including phenoxy) is 1. The fourth-order valence-corrected chi connectivity index (χ4v) is 1.51. The molecule has 0 saturated carbocycles. The summed E-state index contributed by atoms with van der Waals surface area (Å²) < 4.78 is 80.4. The smallest absolute Gasteiger partial charge is 0.430 e. The van der Waals surface area contributed by atoms with Gasteiger partial charge in [0.15, 0.2) is 0 Å². The monoisotopic (exact) mass is 324 g/mol. The molecule has 0 aliphatic heterocycles. The van der Waals surface area contributed by atoms with Crippen LogP contribution in [-0.2, 0) is 9.53 Å². The molecule has 0 fully saturated rings. The number of alkyl halides is 6. The maximum absolute atomic E-state index is 12.7. The van der Waals surface area contributed by atoms with E-state index in [1.54, 1.807) is 13.8 Å². The van der Waals surface area contributed by atoms with Crippen LogP contribution in [0.3, 0.4) is 0 Å². The van der Waals surface area contributed by atoms with E-state index >= 15 is 0 Å². The van der Waals surface area contributed by atoms with Crippen molar-refractivity contribution in [3.63, 3.8) is 0 Å². The van der Waals surface area contributed by atoms with Crippen LogP contribution in [0.2, 0.25) is 0 Å². The first-order chi connectivity index (χ1) is 9.20. The maximum atomic E-state index is 12.7. The van der Waals surface area contributed by atoms with E-state index in [2.05, 4.69) is 4.74 Å². The number of halogens is 6. The van der Waals surface area contributed by atoms with Crippen molar-refractivity contribution >= 4 is 5.97 Å². The van der Waals surface area contributed by atoms with Gasteiger partial charge in [0.2, 0.25) is 0 Å². The minimum atomic E-state index is -6.02. The molecular formula is C12H18F6O3. The number of hydrogen-bond acceptors (Lipinski definition) is 3. The third-order valence-electron chi connectivity index (χ3n) is 3.33. The zero-order chi connectivity index (χ0) is 17.2. The Bertz CT molecular complexity index is 347. The normalized spacial score (nSPS) is 16.8. The van der Waals surface area contributed by atoms with Crippen molar-refractivity contribution < 1.29 is 41.0 Å². The quantitative estimate of drug-likeness (QED) is 0.622. The van der Waals surface area contributed by atoms with Gasteiger partial charge >= 0.3 is 18.3 Å². The lowest BCUT2D eigenvalue weighted by Gasteiger charge is -2.38. The van der Waals surface area contributed by atoms with Gasteiger partial charge in [-0.3, -0.25) is 4.79 Å². The van der Waals surface area contributed by atoms with Crippen LogP contribution in [0.15, 0.2) is 0 Å². The zero-order valence-corrected chi connectivity index (χ0v) is 12.0. The Kier molecular flexibility index (Phi) is 6.11. The summed E-state index contributed by atoms with van der Waals surface area (Å²) in [5, 5.41) is 9.19. The highest BCUT2D eigenvalue weighted by atomic mass is 19.4. The molecule has 0 spiro atoms. The molecule has 0 aromatic carbocycles. The van der Waals surface area contributed by atoms with E-state index in [0.29, 0.717) is 0 Å². The molecule has 0 radical (unpaired) electrons.